The molecule has 0 saturated heterocycles. The minimum atomic E-state index is -0.444. The third kappa shape index (κ3) is 3.25. The van der Waals surface area contributed by atoms with Crippen molar-refractivity contribution in [2.24, 2.45) is 0 Å². The summed E-state index contributed by atoms with van der Waals surface area (Å²) >= 11 is 5.80. The van der Waals surface area contributed by atoms with Crippen LogP contribution in [0.3, 0.4) is 0 Å². The van der Waals surface area contributed by atoms with E-state index < -0.39 is 6.10 Å². The summed E-state index contributed by atoms with van der Waals surface area (Å²) < 4.78 is 13.2. The standard InChI is InChI=1S/C10H13ClFNO/c1-7(14)5-13-6-8-9(11)3-2-4-10(8)12/h2-4,7,13-14H,5-6H2,1H3/t7-/m1/s1. The third-order valence-corrected chi connectivity index (χ3v) is 2.16. The molecule has 1 aromatic rings. The van der Waals surface area contributed by atoms with Crippen LogP contribution in [0, 0.1) is 5.82 Å². The fourth-order valence-corrected chi connectivity index (χ4v) is 1.34. The summed E-state index contributed by atoms with van der Waals surface area (Å²) in [6, 6.07) is 4.57. The Labute approximate surface area is 87.7 Å². The Bertz CT molecular complexity index is 284. The first-order valence-corrected chi connectivity index (χ1v) is 4.80. The van der Waals surface area contributed by atoms with Crippen molar-refractivity contribution in [2.45, 2.75) is 19.6 Å². The Hall–Kier alpha value is -0.640. The van der Waals surface area contributed by atoms with Crippen molar-refractivity contribution in [2.75, 3.05) is 6.54 Å². The largest absolute Gasteiger partial charge is 0.392 e. The number of nitrogens with one attached hydrogen (secondary N) is 1. The van der Waals surface area contributed by atoms with Crippen molar-refractivity contribution < 1.29 is 9.50 Å². The van der Waals surface area contributed by atoms with Crippen molar-refractivity contribution in [3.8, 4) is 0 Å². The molecule has 0 aromatic heterocycles. The molecular formula is C10H13ClFNO. The second kappa shape index (κ2) is 5.29. The van der Waals surface area contributed by atoms with Gasteiger partial charge in [0.1, 0.15) is 5.82 Å². The summed E-state index contributed by atoms with van der Waals surface area (Å²) in [7, 11) is 0. The maximum absolute atomic E-state index is 13.2. The van der Waals surface area contributed by atoms with Gasteiger partial charge in [0.15, 0.2) is 0 Å². The van der Waals surface area contributed by atoms with Crippen molar-refractivity contribution in [1.29, 1.82) is 0 Å². The minimum absolute atomic E-state index is 0.324. The molecule has 0 fully saturated rings. The predicted molar refractivity (Wildman–Crippen MR) is 54.8 cm³/mol. The van der Waals surface area contributed by atoms with Crippen LogP contribution in [0.1, 0.15) is 12.5 Å². The van der Waals surface area contributed by atoms with Crippen LogP contribution < -0.4 is 5.32 Å². The van der Waals surface area contributed by atoms with Gasteiger partial charge in [0, 0.05) is 23.7 Å². The van der Waals surface area contributed by atoms with Crippen molar-refractivity contribution >= 4 is 11.6 Å². The lowest BCUT2D eigenvalue weighted by molar-refractivity contribution is 0.191. The predicted octanol–water partition coefficient (Wildman–Crippen LogP) is 1.95. The maximum atomic E-state index is 13.2. The summed E-state index contributed by atoms with van der Waals surface area (Å²) in [6.07, 6.45) is -0.444. The van der Waals surface area contributed by atoms with Gasteiger partial charge in [-0.05, 0) is 19.1 Å². The lowest BCUT2D eigenvalue weighted by Gasteiger charge is -2.08. The van der Waals surface area contributed by atoms with Gasteiger partial charge in [-0.25, -0.2) is 4.39 Å². The Kier molecular flexibility index (Phi) is 4.32. The lowest BCUT2D eigenvalue weighted by atomic mass is 10.2. The molecule has 0 unspecified atom stereocenters. The zero-order valence-electron chi connectivity index (χ0n) is 7.93. The van der Waals surface area contributed by atoms with Gasteiger partial charge < -0.3 is 10.4 Å². The number of hydrogen-bond acceptors (Lipinski definition) is 2. The van der Waals surface area contributed by atoms with Gasteiger partial charge in [-0.1, -0.05) is 17.7 Å². The van der Waals surface area contributed by atoms with Gasteiger partial charge in [-0.2, -0.15) is 0 Å². The molecule has 0 aliphatic carbocycles. The molecule has 0 saturated carbocycles. The molecule has 78 valence electrons. The Morgan fingerprint density at radius 1 is 1.57 bits per heavy atom. The number of rotatable bonds is 4. The second-order valence-corrected chi connectivity index (χ2v) is 3.59. The number of hydrogen-bond donors (Lipinski definition) is 2. The van der Waals surface area contributed by atoms with E-state index in [9.17, 15) is 4.39 Å². The Morgan fingerprint density at radius 3 is 2.86 bits per heavy atom. The first kappa shape index (κ1) is 11.4. The van der Waals surface area contributed by atoms with Crippen LogP contribution in [0.5, 0.6) is 0 Å². The highest BCUT2D eigenvalue weighted by atomic mass is 35.5. The highest BCUT2D eigenvalue weighted by molar-refractivity contribution is 6.31. The fourth-order valence-electron chi connectivity index (χ4n) is 1.11. The molecule has 1 rings (SSSR count). The van der Waals surface area contributed by atoms with E-state index in [1.54, 1.807) is 19.1 Å². The molecular weight excluding hydrogens is 205 g/mol. The first-order valence-electron chi connectivity index (χ1n) is 4.43. The van der Waals surface area contributed by atoms with E-state index in [0.717, 1.165) is 0 Å². The summed E-state index contributed by atoms with van der Waals surface area (Å²) in [5.41, 5.74) is 0.440. The quantitative estimate of drug-likeness (QED) is 0.808. The molecule has 0 radical (unpaired) electrons. The first-order chi connectivity index (χ1) is 6.61. The van der Waals surface area contributed by atoms with E-state index >= 15 is 0 Å². The van der Waals surface area contributed by atoms with Gasteiger partial charge >= 0.3 is 0 Å². The molecule has 0 aliphatic heterocycles. The number of halogens is 2. The number of aliphatic hydroxyl groups is 1. The van der Waals surface area contributed by atoms with Crippen molar-refractivity contribution in [1.82, 2.24) is 5.32 Å². The molecule has 0 heterocycles. The average Bonchev–Trinajstić information content (AvgIpc) is 2.09. The topological polar surface area (TPSA) is 32.3 Å². The molecule has 4 heteroatoms. The SMILES string of the molecule is C[C@@H](O)CNCc1c(F)cccc1Cl. The highest BCUT2D eigenvalue weighted by Crippen LogP contribution is 2.18. The van der Waals surface area contributed by atoms with Gasteiger partial charge in [0.2, 0.25) is 0 Å². The van der Waals surface area contributed by atoms with Crippen LogP contribution in [0.25, 0.3) is 0 Å². The monoisotopic (exact) mass is 217 g/mol. The van der Waals surface area contributed by atoms with E-state index in [0.29, 0.717) is 23.7 Å². The molecule has 1 atom stereocenters. The maximum Gasteiger partial charge on any atom is 0.129 e. The zero-order chi connectivity index (χ0) is 10.6. The van der Waals surface area contributed by atoms with Crippen LogP contribution in [-0.4, -0.2) is 17.8 Å². The van der Waals surface area contributed by atoms with Gasteiger partial charge in [0.25, 0.3) is 0 Å². The molecule has 1 aromatic carbocycles. The van der Waals surface area contributed by atoms with Crippen LogP contribution in [-0.2, 0) is 6.54 Å². The molecule has 2 N–H and O–H groups in total. The number of benzene rings is 1. The Morgan fingerprint density at radius 2 is 2.29 bits per heavy atom. The summed E-state index contributed by atoms with van der Waals surface area (Å²) in [5, 5.41) is 12.3. The molecule has 0 aliphatic rings. The smallest absolute Gasteiger partial charge is 0.129 e. The normalized spacial score (nSPS) is 12.9. The summed E-state index contributed by atoms with van der Waals surface area (Å²) in [4.78, 5) is 0. The Balaban J connectivity index is 2.58. The number of aliphatic hydroxyl groups excluding tert-OH is 1. The van der Waals surface area contributed by atoms with E-state index in [-0.39, 0.29) is 5.82 Å². The fraction of sp³-hybridized carbons (Fsp3) is 0.400. The highest BCUT2D eigenvalue weighted by Gasteiger charge is 2.06. The summed E-state index contributed by atoms with van der Waals surface area (Å²) in [6.45, 7) is 2.41. The molecule has 14 heavy (non-hydrogen) atoms. The van der Waals surface area contributed by atoms with Crippen LogP contribution in [0.2, 0.25) is 5.02 Å². The van der Waals surface area contributed by atoms with Crippen LogP contribution in [0.15, 0.2) is 18.2 Å². The minimum Gasteiger partial charge on any atom is -0.392 e. The van der Waals surface area contributed by atoms with Crippen LogP contribution >= 0.6 is 11.6 Å². The van der Waals surface area contributed by atoms with E-state index in [1.807, 2.05) is 0 Å². The molecule has 0 spiro atoms. The van der Waals surface area contributed by atoms with Gasteiger partial charge in [0.05, 0.1) is 6.10 Å². The van der Waals surface area contributed by atoms with E-state index in [2.05, 4.69) is 5.32 Å². The molecule has 0 bridgehead atoms. The van der Waals surface area contributed by atoms with Crippen molar-refractivity contribution in [3.05, 3.63) is 34.6 Å². The average molecular weight is 218 g/mol. The van der Waals surface area contributed by atoms with Crippen LogP contribution in [0.4, 0.5) is 4.39 Å². The molecule has 0 amide bonds. The van der Waals surface area contributed by atoms with Gasteiger partial charge in [-0.3, -0.25) is 0 Å². The van der Waals surface area contributed by atoms with E-state index in [1.165, 1.54) is 6.07 Å². The van der Waals surface area contributed by atoms with Crippen molar-refractivity contribution in [3.63, 3.8) is 0 Å². The lowest BCUT2D eigenvalue weighted by Crippen LogP contribution is -2.24. The van der Waals surface area contributed by atoms with E-state index in [4.69, 9.17) is 16.7 Å². The second-order valence-electron chi connectivity index (χ2n) is 3.18. The van der Waals surface area contributed by atoms with Gasteiger partial charge in [-0.15, -0.1) is 0 Å². The summed E-state index contributed by atoms with van der Waals surface area (Å²) in [5.74, 6) is -0.324. The zero-order valence-corrected chi connectivity index (χ0v) is 8.68. The third-order valence-electron chi connectivity index (χ3n) is 1.80. The molecule has 2 nitrogen and oxygen atoms in total.